The van der Waals surface area contributed by atoms with Crippen molar-refractivity contribution in [1.29, 1.82) is 0 Å². The van der Waals surface area contributed by atoms with Gasteiger partial charge in [-0.15, -0.1) is 12.4 Å². The molecule has 0 radical (unpaired) electrons. The highest BCUT2D eigenvalue weighted by Gasteiger charge is 2.05. The van der Waals surface area contributed by atoms with Crippen LogP contribution in [0.3, 0.4) is 0 Å². The van der Waals surface area contributed by atoms with E-state index in [1.54, 1.807) is 7.11 Å². The second-order valence-corrected chi connectivity index (χ2v) is 4.71. The average Bonchev–Trinajstić information content (AvgIpc) is 2.61. The lowest BCUT2D eigenvalue weighted by Gasteiger charge is -2.11. The number of para-hydroxylation sites is 2. The van der Waals surface area contributed by atoms with Crippen LogP contribution in [0.15, 0.2) is 42.6 Å². The zero-order valence-corrected chi connectivity index (χ0v) is 14.5. The Labute approximate surface area is 151 Å². The number of halogens is 1. The lowest BCUT2D eigenvalue weighted by molar-refractivity contribution is -0.385. The molecule has 0 aliphatic heterocycles. The van der Waals surface area contributed by atoms with Crippen LogP contribution in [0.5, 0.6) is 17.4 Å². The zero-order chi connectivity index (χ0) is 17.2. The Balaban J connectivity index is 0.00000312. The lowest BCUT2D eigenvalue weighted by Crippen LogP contribution is -2.26. The highest BCUT2D eigenvalue weighted by atomic mass is 35.5. The fraction of sp³-hybridized carbons (Fsp3) is 0.312. The Kier molecular flexibility index (Phi) is 9.05. The summed E-state index contributed by atoms with van der Waals surface area (Å²) in [5.74, 6) is 1.76. The van der Waals surface area contributed by atoms with Crippen molar-refractivity contribution >= 4 is 18.1 Å². The van der Waals surface area contributed by atoms with Gasteiger partial charge in [-0.3, -0.25) is 10.1 Å². The van der Waals surface area contributed by atoms with Gasteiger partial charge in [-0.1, -0.05) is 12.1 Å². The fourth-order valence-corrected chi connectivity index (χ4v) is 1.89. The van der Waals surface area contributed by atoms with Crippen molar-refractivity contribution in [3.05, 3.63) is 52.7 Å². The minimum Gasteiger partial charge on any atom is -0.493 e. The van der Waals surface area contributed by atoms with Gasteiger partial charge < -0.3 is 19.5 Å². The molecule has 25 heavy (non-hydrogen) atoms. The topological polar surface area (TPSA) is 95.8 Å². The lowest BCUT2D eigenvalue weighted by atomic mass is 10.3. The molecule has 0 aliphatic carbocycles. The summed E-state index contributed by atoms with van der Waals surface area (Å²) >= 11 is 0. The molecule has 0 fully saturated rings. The Morgan fingerprint density at radius 2 is 1.76 bits per heavy atom. The van der Waals surface area contributed by atoms with Crippen LogP contribution in [-0.4, -0.2) is 43.3 Å². The van der Waals surface area contributed by atoms with E-state index < -0.39 is 4.92 Å². The number of aromatic nitrogens is 1. The summed E-state index contributed by atoms with van der Waals surface area (Å²) in [5, 5.41) is 13.7. The molecule has 0 saturated heterocycles. The molecule has 0 saturated carbocycles. The van der Waals surface area contributed by atoms with E-state index in [1.165, 1.54) is 18.3 Å². The van der Waals surface area contributed by atoms with E-state index in [1.807, 2.05) is 24.3 Å². The summed E-state index contributed by atoms with van der Waals surface area (Å²) in [6.07, 6.45) is 1.17. The van der Waals surface area contributed by atoms with Crippen LogP contribution in [0.25, 0.3) is 0 Å². The monoisotopic (exact) mass is 369 g/mol. The summed E-state index contributed by atoms with van der Waals surface area (Å²) in [7, 11) is 1.60. The number of pyridine rings is 1. The molecule has 0 unspecified atom stereocenters. The van der Waals surface area contributed by atoms with Crippen molar-refractivity contribution in [2.24, 2.45) is 0 Å². The molecule has 1 aromatic carbocycles. The maximum atomic E-state index is 10.5. The van der Waals surface area contributed by atoms with E-state index in [0.29, 0.717) is 43.7 Å². The quantitative estimate of drug-likeness (QED) is 0.390. The highest BCUT2D eigenvalue weighted by molar-refractivity contribution is 5.85. The average molecular weight is 370 g/mol. The number of ether oxygens (including phenoxy) is 3. The van der Waals surface area contributed by atoms with Gasteiger partial charge in [0.1, 0.15) is 19.4 Å². The number of nitrogens with zero attached hydrogens (tertiary/aromatic N) is 2. The second kappa shape index (κ2) is 11.1. The van der Waals surface area contributed by atoms with E-state index in [4.69, 9.17) is 14.2 Å². The number of rotatable bonds is 10. The minimum atomic E-state index is -0.500. The molecule has 2 rings (SSSR count). The first-order chi connectivity index (χ1) is 11.7. The third-order valence-electron chi connectivity index (χ3n) is 3.07. The van der Waals surface area contributed by atoms with Crippen LogP contribution >= 0.6 is 12.4 Å². The smallest absolute Gasteiger partial charge is 0.287 e. The standard InChI is InChI=1S/C16H19N3O5.ClH/c1-22-14-4-2-3-5-15(14)23-10-8-17-9-11-24-16-7-6-13(12-18-16)19(20)21;/h2-7,12,17H,8-11H2,1H3;1H. The SMILES string of the molecule is COc1ccccc1OCCNCCOc1ccc([N+](=O)[O-])cn1.Cl. The molecule has 9 heteroatoms. The predicted octanol–water partition coefficient (Wildman–Crippen LogP) is 2.47. The highest BCUT2D eigenvalue weighted by Crippen LogP contribution is 2.25. The van der Waals surface area contributed by atoms with Crippen LogP contribution in [0.4, 0.5) is 5.69 Å². The molecule has 1 heterocycles. The first-order valence-electron chi connectivity index (χ1n) is 7.40. The van der Waals surface area contributed by atoms with Crippen molar-refractivity contribution < 1.29 is 19.1 Å². The molecule has 1 aromatic heterocycles. The third-order valence-corrected chi connectivity index (χ3v) is 3.07. The number of nitro groups is 1. The molecule has 0 atom stereocenters. The van der Waals surface area contributed by atoms with E-state index in [-0.39, 0.29) is 18.1 Å². The van der Waals surface area contributed by atoms with Gasteiger partial charge in [0.25, 0.3) is 5.69 Å². The predicted molar refractivity (Wildman–Crippen MR) is 95.0 cm³/mol. The summed E-state index contributed by atoms with van der Waals surface area (Å²) < 4.78 is 16.2. The first-order valence-corrected chi connectivity index (χ1v) is 7.40. The van der Waals surface area contributed by atoms with Crippen LogP contribution in [0.2, 0.25) is 0 Å². The van der Waals surface area contributed by atoms with Crippen LogP contribution in [-0.2, 0) is 0 Å². The van der Waals surface area contributed by atoms with Crippen molar-refractivity contribution in [2.45, 2.75) is 0 Å². The molecule has 2 aromatic rings. The second-order valence-electron chi connectivity index (χ2n) is 4.71. The van der Waals surface area contributed by atoms with Crippen molar-refractivity contribution in [2.75, 3.05) is 33.4 Å². The number of benzene rings is 1. The van der Waals surface area contributed by atoms with Crippen LogP contribution < -0.4 is 19.5 Å². The van der Waals surface area contributed by atoms with E-state index >= 15 is 0 Å². The van der Waals surface area contributed by atoms with Crippen molar-refractivity contribution in [3.63, 3.8) is 0 Å². The van der Waals surface area contributed by atoms with Gasteiger partial charge in [0.05, 0.1) is 12.0 Å². The number of hydrogen-bond acceptors (Lipinski definition) is 7. The van der Waals surface area contributed by atoms with Gasteiger partial charge in [-0.2, -0.15) is 0 Å². The van der Waals surface area contributed by atoms with E-state index in [0.717, 1.165) is 0 Å². The van der Waals surface area contributed by atoms with Crippen LogP contribution in [0.1, 0.15) is 0 Å². The van der Waals surface area contributed by atoms with Crippen molar-refractivity contribution in [1.82, 2.24) is 10.3 Å². The van der Waals surface area contributed by atoms with Gasteiger partial charge in [0, 0.05) is 25.2 Å². The number of methoxy groups -OCH3 is 1. The normalized spacial score (nSPS) is 9.80. The first kappa shape index (κ1) is 20.5. The molecule has 0 bridgehead atoms. The summed E-state index contributed by atoms with van der Waals surface area (Å²) in [4.78, 5) is 13.9. The van der Waals surface area contributed by atoms with Gasteiger partial charge >= 0.3 is 0 Å². The maximum Gasteiger partial charge on any atom is 0.287 e. The maximum absolute atomic E-state index is 10.5. The molecule has 1 N–H and O–H groups in total. The number of nitrogens with one attached hydrogen (secondary N) is 1. The summed E-state index contributed by atoms with van der Waals surface area (Å²) in [6, 6.07) is 10.3. The summed E-state index contributed by atoms with van der Waals surface area (Å²) in [6.45, 7) is 2.15. The molecule has 136 valence electrons. The molecule has 0 amide bonds. The van der Waals surface area contributed by atoms with Gasteiger partial charge in [0.15, 0.2) is 11.5 Å². The largest absolute Gasteiger partial charge is 0.493 e. The Morgan fingerprint density at radius 1 is 1.08 bits per heavy atom. The minimum absolute atomic E-state index is 0. The van der Waals surface area contributed by atoms with Crippen LogP contribution in [0, 0.1) is 10.1 Å². The van der Waals surface area contributed by atoms with Gasteiger partial charge in [0.2, 0.25) is 5.88 Å². The molecule has 0 aliphatic rings. The van der Waals surface area contributed by atoms with E-state index in [9.17, 15) is 10.1 Å². The molecule has 8 nitrogen and oxygen atoms in total. The Morgan fingerprint density at radius 3 is 2.36 bits per heavy atom. The summed E-state index contributed by atoms with van der Waals surface area (Å²) in [5.41, 5.74) is -0.0611. The fourth-order valence-electron chi connectivity index (χ4n) is 1.89. The Bertz CT molecular complexity index is 654. The molecular formula is C16H20ClN3O5. The van der Waals surface area contributed by atoms with Crippen molar-refractivity contribution in [3.8, 4) is 17.4 Å². The number of hydrogen-bond donors (Lipinski definition) is 1. The zero-order valence-electron chi connectivity index (χ0n) is 13.7. The molecule has 0 spiro atoms. The van der Waals surface area contributed by atoms with E-state index in [2.05, 4.69) is 10.3 Å². The third kappa shape index (κ3) is 6.82. The Hall–Kier alpha value is -2.58. The van der Waals surface area contributed by atoms with Gasteiger partial charge in [-0.25, -0.2) is 4.98 Å². The molecular weight excluding hydrogens is 350 g/mol. The van der Waals surface area contributed by atoms with Gasteiger partial charge in [-0.05, 0) is 12.1 Å².